The predicted octanol–water partition coefficient (Wildman–Crippen LogP) is 3.62. The molecule has 0 saturated heterocycles. The summed E-state index contributed by atoms with van der Waals surface area (Å²) in [4.78, 5) is 0. The van der Waals surface area contributed by atoms with Gasteiger partial charge in [-0.2, -0.15) is 0 Å². The Morgan fingerprint density at radius 3 is 2.20 bits per heavy atom. The molecule has 0 amide bonds. The molecule has 0 aromatic heterocycles. The monoisotopic (exact) mass is 282 g/mol. The normalized spacial score (nSPS) is 15.4. The zero-order chi connectivity index (χ0) is 14.7. The molecule has 0 spiro atoms. The lowest BCUT2D eigenvalue weighted by molar-refractivity contribution is 0.176. The average molecular weight is 282 g/mol. The first kappa shape index (κ1) is 14.4. The van der Waals surface area contributed by atoms with Gasteiger partial charge in [0.1, 0.15) is 5.76 Å². The number of hydrogen-bond acceptors (Lipinski definition) is 3. The number of allylic oxidation sites excluding steroid dienone is 2. The van der Waals surface area contributed by atoms with Crippen LogP contribution in [0.5, 0.6) is 0 Å². The third kappa shape index (κ3) is 2.35. The van der Waals surface area contributed by atoms with E-state index in [1.165, 1.54) is 33.5 Å². The molecule has 0 unspecified atom stereocenters. The summed E-state index contributed by atoms with van der Waals surface area (Å²) in [6.07, 6.45) is 1.03. The molecule has 0 bridgehead atoms. The van der Waals surface area contributed by atoms with Crippen LogP contribution in [0, 0.1) is 11.6 Å². The quantitative estimate of drug-likeness (QED) is 0.844. The highest BCUT2D eigenvalue weighted by molar-refractivity contribution is 5.72. The maximum absolute atomic E-state index is 14.0. The van der Waals surface area contributed by atoms with Gasteiger partial charge in [-0.25, -0.2) is 8.78 Å². The van der Waals surface area contributed by atoms with E-state index in [2.05, 4.69) is 0 Å². The number of benzene rings is 1. The van der Waals surface area contributed by atoms with E-state index in [1.54, 1.807) is 0 Å². The second kappa shape index (κ2) is 5.94. The molecule has 1 aliphatic rings. The van der Waals surface area contributed by atoms with E-state index >= 15 is 0 Å². The van der Waals surface area contributed by atoms with E-state index in [-0.39, 0.29) is 5.56 Å². The molecule has 0 N–H and O–H groups in total. The third-order valence-corrected chi connectivity index (χ3v) is 3.27. The summed E-state index contributed by atoms with van der Waals surface area (Å²) in [6.45, 7) is 0. The van der Waals surface area contributed by atoms with Gasteiger partial charge < -0.3 is 14.2 Å². The van der Waals surface area contributed by atoms with Crippen LogP contribution < -0.4 is 0 Å². The van der Waals surface area contributed by atoms with Crippen molar-refractivity contribution in [2.24, 2.45) is 0 Å². The zero-order valence-electron chi connectivity index (χ0n) is 11.6. The van der Waals surface area contributed by atoms with Gasteiger partial charge >= 0.3 is 0 Å². The first-order valence-electron chi connectivity index (χ1n) is 6.17. The van der Waals surface area contributed by atoms with Crippen LogP contribution in [0.25, 0.3) is 5.57 Å². The van der Waals surface area contributed by atoms with Crippen molar-refractivity contribution in [3.05, 3.63) is 52.7 Å². The summed E-state index contributed by atoms with van der Waals surface area (Å²) < 4.78 is 43.2. The van der Waals surface area contributed by atoms with E-state index < -0.39 is 11.6 Å². The Labute approximate surface area is 116 Å². The highest BCUT2D eigenvalue weighted by Gasteiger charge is 2.27. The molecule has 1 aliphatic carbocycles. The fraction of sp³-hybridized carbons (Fsp3) is 0.333. The van der Waals surface area contributed by atoms with E-state index in [4.69, 9.17) is 14.2 Å². The minimum Gasteiger partial charge on any atom is -0.497 e. The number of ether oxygens (including phenoxy) is 3. The molecule has 20 heavy (non-hydrogen) atoms. The molecule has 0 heterocycles. The van der Waals surface area contributed by atoms with E-state index in [9.17, 15) is 8.78 Å². The maximum atomic E-state index is 14.0. The summed E-state index contributed by atoms with van der Waals surface area (Å²) in [7, 11) is 4.48. The minimum atomic E-state index is -0.883. The second-order valence-electron chi connectivity index (χ2n) is 4.27. The fourth-order valence-electron chi connectivity index (χ4n) is 2.34. The Hall–Kier alpha value is -2.04. The van der Waals surface area contributed by atoms with Gasteiger partial charge in [0.15, 0.2) is 23.2 Å². The van der Waals surface area contributed by atoms with Gasteiger partial charge in [-0.1, -0.05) is 12.1 Å². The van der Waals surface area contributed by atoms with Crippen LogP contribution in [-0.2, 0) is 14.2 Å². The highest BCUT2D eigenvalue weighted by atomic mass is 19.2. The minimum absolute atomic E-state index is 0.187. The lowest BCUT2D eigenvalue weighted by Crippen LogP contribution is -2.11. The first-order valence-corrected chi connectivity index (χ1v) is 6.17. The van der Waals surface area contributed by atoms with Gasteiger partial charge in [0.25, 0.3) is 0 Å². The summed E-state index contributed by atoms with van der Waals surface area (Å²) >= 11 is 0. The Morgan fingerprint density at radius 2 is 1.60 bits per heavy atom. The summed E-state index contributed by atoms with van der Waals surface area (Å²) in [5.74, 6) is -0.343. The van der Waals surface area contributed by atoms with Crippen LogP contribution in [0.3, 0.4) is 0 Å². The van der Waals surface area contributed by atoms with Gasteiger partial charge in [0.2, 0.25) is 0 Å². The van der Waals surface area contributed by atoms with Crippen LogP contribution in [0.2, 0.25) is 0 Å². The molecule has 1 aromatic rings. The number of hydrogen-bond donors (Lipinski definition) is 0. The van der Waals surface area contributed by atoms with E-state index in [1.807, 2.05) is 0 Å². The van der Waals surface area contributed by atoms with Crippen molar-refractivity contribution in [1.82, 2.24) is 0 Å². The van der Waals surface area contributed by atoms with Crippen molar-refractivity contribution in [2.45, 2.75) is 12.8 Å². The summed E-state index contributed by atoms with van der Waals surface area (Å²) in [5.41, 5.74) is 0.758. The Kier molecular flexibility index (Phi) is 4.27. The molecule has 3 nitrogen and oxygen atoms in total. The SMILES string of the molecule is COC1=C(OC)C(OC)=C(c2cccc(F)c2F)CC1. The van der Waals surface area contributed by atoms with E-state index in [0.29, 0.717) is 35.7 Å². The maximum Gasteiger partial charge on any atom is 0.199 e. The molecule has 0 atom stereocenters. The third-order valence-electron chi connectivity index (χ3n) is 3.27. The number of halogens is 2. The second-order valence-corrected chi connectivity index (χ2v) is 4.27. The van der Waals surface area contributed by atoms with Crippen molar-refractivity contribution in [2.75, 3.05) is 21.3 Å². The predicted molar refractivity (Wildman–Crippen MR) is 70.6 cm³/mol. The number of methoxy groups -OCH3 is 3. The molecular weight excluding hydrogens is 266 g/mol. The van der Waals surface area contributed by atoms with Crippen molar-refractivity contribution in [1.29, 1.82) is 0 Å². The molecular formula is C15H16F2O3. The lowest BCUT2D eigenvalue weighted by Gasteiger charge is -2.23. The largest absolute Gasteiger partial charge is 0.497 e. The number of rotatable bonds is 4. The molecule has 108 valence electrons. The average Bonchev–Trinajstić information content (AvgIpc) is 2.48. The first-order chi connectivity index (χ1) is 9.63. The molecule has 2 rings (SSSR count). The fourth-order valence-corrected chi connectivity index (χ4v) is 2.34. The lowest BCUT2D eigenvalue weighted by atomic mass is 9.93. The van der Waals surface area contributed by atoms with Crippen LogP contribution >= 0.6 is 0 Å². The van der Waals surface area contributed by atoms with Crippen molar-refractivity contribution in [3.63, 3.8) is 0 Å². The van der Waals surface area contributed by atoms with Crippen molar-refractivity contribution in [3.8, 4) is 0 Å². The van der Waals surface area contributed by atoms with Crippen LogP contribution in [0.4, 0.5) is 8.78 Å². The molecule has 0 saturated carbocycles. The Morgan fingerprint density at radius 1 is 0.900 bits per heavy atom. The summed E-state index contributed by atoms with van der Waals surface area (Å²) in [6, 6.07) is 4.08. The standard InChI is InChI=1S/C15H16F2O3/c1-18-12-8-7-10(14(19-2)15(12)20-3)9-5-4-6-11(16)13(9)17/h4-6H,7-8H2,1-3H3. The van der Waals surface area contributed by atoms with Crippen LogP contribution in [-0.4, -0.2) is 21.3 Å². The Bertz CT molecular complexity index is 576. The topological polar surface area (TPSA) is 27.7 Å². The van der Waals surface area contributed by atoms with Gasteiger partial charge in [-0.05, 0) is 12.5 Å². The van der Waals surface area contributed by atoms with Gasteiger partial charge in [0, 0.05) is 17.6 Å². The molecule has 1 aromatic carbocycles. The van der Waals surface area contributed by atoms with Crippen molar-refractivity contribution < 1.29 is 23.0 Å². The molecule has 0 aliphatic heterocycles. The van der Waals surface area contributed by atoms with E-state index in [0.717, 1.165) is 6.07 Å². The molecule has 5 heteroatoms. The Balaban J connectivity index is 2.62. The van der Waals surface area contributed by atoms with Crippen LogP contribution in [0.15, 0.2) is 35.5 Å². The van der Waals surface area contributed by atoms with Gasteiger partial charge in [-0.15, -0.1) is 0 Å². The van der Waals surface area contributed by atoms with Crippen LogP contribution in [0.1, 0.15) is 18.4 Å². The smallest absolute Gasteiger partial charge is 0.199 e. The molecule has 0 radical (unpaired) electrons. The molecule has 0 fully saturated rings. The zero-order valence-corrected chi connectivity index (χ0v) is 11.6. The highest BCUT2D eigenvalue weighted by Crippen LogP contribution is 2.38. The van der Waals surface area contributed by atoms with Crippen molar-refractivity contribution >= 4 is 5.57 Å². The summed E-state index contributed by atoms with van der Waals surface area (Å²) in [5, 5.41) is 0. The van der Waals surface area contributed by atoms with Gasteiger partial charge in [0.05, 0.1) is 21.3 Å². The van der Waals surface area contributed by atoms with Gasteiger partial charge in [-0.3, -0.25) is 0 Å².